The molecule has 0 bridgehead atoms. The van der Waals surface area contributed by atoms with Crippen LogP contribution in [0.5, 0.6) is 0 Å². The van der Waals surface area contributed by atoms with E-state index in [1.165, 1.54) is 0 Å². The Morgan fingerprint density at radius 1 is 1.41 bits per heavy atom. The first-order valence-corrected chi connectivity index (χ1v) is 5.78. The molecule has 1 saturated carbocycles. The highest BCUT2D eigenvalue weighted by Gasteiger charge is 2.45. The van der Waals surface area contributed by atoms with Crippen LogP contribution in [-0.2, 0) is 4.79 Å². The monoisotopic (exact) mass is 255 g/mol. The molecule has 2 rings (SSSR count). The average Bonchev–Trinajstić information content (AvgIpc) is 2.49. The van der Waals surface area contributed by atoms with E-state index >= 15 is 0 Å². The first kappa shape index (κ1) is 12.1. The molecule has 0 saturated heterocycles. The van der Waals surface area contributed by atoms with Gasteiger partial charge >= 0.3 is 0 Å². The molecule has 92 valence electrons. The number of thiocarbonyl (C=S) groups is 1. The summed E-state index contributed by atoms with van der Waals surface area (Å²) >= 11 is 4.52. The van der Waals surface area contributed by atoms with Gasteiger partial charge in [0.2, 0.25) is 5.11 Å². The minimum Gasteiger partial charge on any atom is -0.510 e. The number of carbonyl (C=O) groups is 1. The number of rotatable bonds is 1. The van der Waals surface area contributed by atoms with Gasteiger partial charge in [-0.3, -0.25) is 4.79 Å². The fourth-order valence-electron chi connectivity index (χ4n) is 2.44. The van der Waals surface area contributed by atoms with Crippen LogP contribution in [0.25, 0.3) is 0 Å². The second-order valence-electron chi connectivity index (χ2n) is 4.32. The largest absolute Gasteiger partial charge is 0.510 e. The van der Waals surface area contributed by atoms with Gasteiger partial charge in [0.15, 0.2) is 11.5 Å². The molecule has 7 heteroatoms. The van der Waals surface area contributed by atoms with E-state index in [2.05, 4.69) is 22.4 Å². The number of hydrogen-bond acceptors (Lipinski definition) is 5. The zero-order valence-electron chi connectivity index (χ0n) is 9.04. The van der Waals surface area contributed by atoms with Gasteiger partial charge in [0.25, 0.3) is 0 Å². The van der Waals surface area contributed by atoms with Crippen molar-refractivity contribution in [1.29, 1.82) is 0 Å². The van der Waals surface area contributed by atoms with Gasteiger partial charge < -0.3 is 15.9 Å². The van der Waals surface area contributed by atoms with Crippen LogP contribution in [0.4, 0.5) is 0 Å². The van der Waals surface area contributed by atoms with E-state index < -0.39 is 6.10 Å². The number of ketones is 1. The van der Waals surface area contributed by atoms with Gasteiger partial charge in [-0.2, -0.15) is 0 Å². The molecule has 1 fully saturated rings. The van der Waals surface area contributed by atoms with Crippen molar-refractivity contribution in [3.05, 3.63) is 11.5 Å². The van der Waals surface area contributed by atoms with Gasteiger partial charge in [0, 0.05) is 11.8 Å². The Morgan fingerprint density at radius 3 is 2.76 bits per heavy atom. The predicted octanol–water partition coefficient (Wildman–Crippen LogP) is 0.812. The van der Waals surface area contributed by atoms with Crippen molar-refractivity contribution in [2.75, 3.05) is 0 Å². The summed E-state index contributed by atoms with van der Waals surface area (Å²) in [5, 5.41) is 26.2. The molecular weight excluding hydrogens is 242 g/mol. The van der Waals surface area contributed by atoms with Crippen LogP contribution in [0, 0.1) is 11.8 Å². The molecule has 0 heterocycles. The molecule has 0 aliphatic heterocycles. The average molecular weight is 255 g/mol. The third-order valence-corrected chi connectivity index (χ3v) is 3.32. The molecule has 17 heavy (non-hydrogen) atoms. The SMILES string of the molecule is NC(=S)N=NC1=C(O)C2CC(O)CCC2C1=O. The van der Waals surface area contributed by atoms with Crippen molar-refractivity contribution < 1.29 is 15.0 Å². The van der Waals surface area contributed by atoms with Crippen LogP contribution >= 0.6 is 12.2 Å². The summed E-state index contributed by atoms with van der Waals surface area (Å²) in [6.07, 6.45) is 1.03. The van der Waals surface area contributed by atoms with E-state index in [1.54, 1.807) is 0 Å². The van der Waals surface area contributed by atoms with E-state index in [9.17, 15) is 15.0 Å². The first-order chi connectivity index (χ1) is 8.00. The minimum absolute atomic E-state index is 0.0677. The lowest BCUT2D eigenvalue weighted by molar-refractivity contribution is -0.120. The zero-order valence-corrected chi connectivity index (χ0v) is 9.85. The van der Waals surface area contributed by atoms with Crippen LogP contribution < -0.4 is 5.73 Å². The lowest BCUT2D eigenvalue weighted by Crippen LogP contribution is -2.29. The van der Waals surface area contributed by atoms with E-state index in [0.29, 0.717) is 19.3 Å². The van der Waals surface area contributed by atoms with E-state index in [0.717, 1.165) is 0 Å². The molecule has 0 amide bonds. The molecule has 3 atom stereocenters. The maximum Gasteiger partial charge on any atom is 0.211 e. The number of aliphatic hydroxyl groups excluding tert-OH is 2. The van der Waals surface area contributed by atoms with Crippen molar-refractivity contribution in [3.8, 4) is 0 Å². The fraction of sp³-hybridized carbons (Fsp3) is 0.600. The number of fused-ring (bicyclic) bond motifs is 1. The molecule has 2 aliphatic rings. The van der Waals surface area contributed by atoms with Crippen LogP contribution in [0.2, 0.25) is 0 Å². The van der Waals surface area contributed by atoms with Crippen molar-refractivity contribution >= 4 is 23.1 Å². The molecule has 3 unspecified atom stereocenters. The summed E-state index contributed by atoms with van der Waals surface area (Å²) in [5.41, 5.74) is 5.08. The number of carbonyl (C=O) groups excluding carboxylic acids is 1. The topological polar surface area (TPSA) is 108 Å². The van der Waals surface area contributed by atoms with Gasteiger partial charge in [0.05, 0.1) is 6.10 Å². The number of allylic oxidation sites excluding steroid dienone is 2. The first-order valence-electron chi connectivity index (χ1n) is 5.37. The van der Waals surface area contributed by atoms with Gasteiger partial charge in [-0.25, -0.2) is 0 Å². The second kappa shape index (κ2) is 4.50. The number of Topliss-reactive ketones (excluding diaryl/α,β-unsaturated/α-hetero) is 1. The van der Waals surface area contributed by atoms with Gasteiger partial charge in [-0.05, 0) is 31.5 Å². The van der Waals surface area contributed by atoms with Gasteiger partial charge in [-0.1, -0.05) is 0 Å². The van der Waals surface area contributed by atoms with E-state index in [1.807, 2.05) is 0 Å². The van der Waals surface area contributed by atoms with Crippen molar-refractivity contribution in [2.24, 2.45) is 27.8 Å². The van der Waals surface area contributed by atoms with Crippen LogP contribution in [0.1, 0.15) is 19.3 Å². The van der Waals surface area contributed by atoms with E-state index in [4.69, 9.17) is 5.73 Å². The van der Waals surface area contributed by atoms with Crippen LogP contribution in [0.15, 0.2) is 21.7 Å². The summed E-state index contributed by atoms with van der Waals surface area (Å²) in [7, 11) is 0. The molecule has 0 spiro atoms. The molecule has 0 aromatic carbocycles. The Bertz CT molecular complexity index is 433. The zero-order chi connectivity index (χ0) is 12.6. The van der Waals surface area contributed by atoms with Crippen LogP contribution in [0.3, 0.4) is 0 Å². The Labute approximate surface area is 103 Å². The maximum absolute atomic E-state index is 11.9. The number of nitrogens with zero attached hydrogens (tertiary/aromatic N) is 2. The van der Waals surface area contributed by atoms with Gasteiger partial charge in [0.1, 0.15) is 5.76 Å². The standard InChI is InChI=1S/C10H13N3O3S/c11-10(17)13-12-7-8(15)5-2-1-4(14)3-6(5)9(7)16/h4-6,14,16H,1-3H2,(H2,11,17). The molecule has 2 aliphatic carbocycles. The number of aliphatic hydroxyl groups is 2. The molecule has 4 N–H and O–H groups in total. The molecule has 0 radical (unpaired) electrons. The Hall–Kier alpha value is -1.34. The summed E-state index contributed by atoms with van der Waals surface area (Å²) in [5.74, 6) is -0.969. The fourth-order valence-corrected chi connectivity index (χ4v) is 2.48. The minimum atomic E-state index is -0.474. The molecule has 6 nitrogen and oxygen atoms in total. The van der Waals surface area contributed by atoms with Crippen molar-refractivity contribution in [3.63, 3.8) is 0 Å². The van der Waals surface area contributed by atoms with Crippen molar-refractivity contribution in [1.82, 2.24) is 0 Å². The van der Waals surface area contributed by atoms with Gasteiger partial charge in [-0.15, -0.1) is 10.2 Å². The van der Waals surface area contributed by atoms with Crippen LogP contribution in [-0.4, -0.2) is 27.2 Å². The molecule has 0 aromatic rings. The Balaban J connectivity index is 2.26. The van der Waals surface area contributed by atoms with E-state index in [-0.39, 0.29) is 34.2 Å². The highest BCUT2D eigenvalue weighted by molar-refractivity contribution is 7.80. The molecular formula is C10H13N3O3S. The number of azo groups is 1. The lowest BCUT2D eigenvalue weighted by Gasteiger charge is -2.27. The smallest absolute Gasteiger partial charge is 0.211 e. The summed E-state index contributed by atoms with van der Waals surface area (Å²) in [6, 6.07) is 0. The normalized spacial score (nSPS) is 33.2. The van der Waals surface area contributed by atoms with Crippen molar-refractivity contribution in [2.45, 2.75) is 25.4 Å². The quantitative estimate of drug-likeness (QED) is 0.474. The molecule has 0 aromatic heterocycles. The number of nitrogens with two attached hydrogens (primary N) is 1. The summed E-state index contributed by atoms with van der Waals surface area (Å²) < 4.78 is 0. The lowest BCUT2D eigenvalue weighted by atomic mass is 9.79. The highest BCUT2D eigenvalue weighted by Crippen LogP contribution is 2.42. The number of hydrogen-bond donors (Lipinski definition) is 3. The second-order valence-corrected chi connectivity index (χ2v) is 4.73. The Kier molecular flexibility index (Phi) is 3.21. The third kappa shape index (κ3) is 2.20. The predicted molar refractivity (Wildman–Crippen MR) is 63.1 cm³/mol. The Morgan fingerprint density at radius 2 is 2.12 bits per heavy atom. The summed E-state index contributed by atoms with van der Waals surface area (Å²) in [4.78, 5) is 11.9. The third-order valence-electron chi connectivity index (χ3n) is 3.24. The highest BCUT2D eigenvalue weighted by atomic mass is 32.1. The summed E-state index contributed by atoms with van der Waals surface area (Å²) in [6.45, 7) is 0. The maximum atomic E-state index is 11.9.